The molecule has 1 unspecified atom stereocenters. The van der Waals surface area contributed by atoms with Crippen molar-refractivity contribution >= 4 is 5.97 Å². The second-order valence-corrected chi connectivity index (χ2v) is 4.64. The van der Waals surface area contributed by atoms with Gasteiger partial charge in [-0.1, -0.05) is 13.3 Å². The van der Waals surface area contributed by atoms with E-state index in [1.165, 1.54) is 13.4 Å². The number of carbonyl (C=O) groups is 1. The molecule has 0 spiro atoms. The highest BCUT2D eigenvalue weighted by Gasteiger charge is 2.18. The van der Waals surface area contributed by atoms with Gasteiger partial charge in [-0.3, -0.25) is 0 Å². The van der Waals surface area contributed by atoms with Crippen molar-refractivity contribution in [2.75, 3.05) is 13.7 Å². The Labute approximate surface area is 107 Å². The molecule has 0 radical (unpaired) electrons. The van der Waals surface area contributed by atoms with Crippen LogP contribution in [0.25, 0.3) is 0 Å². The van der Waals surface area contributed by atoms with Gasteiger partial charge in [-0.25, -0.2) is 4.79 Å². The maximum atomic E-state index is 11.2. The third-order valence-electron chi connectivity index (χ3n) is 2.67. The van der Waals surface area contributed by atoms with E-state index >= 15 is 0 Å². The average Bonchev–Trinajstić information content (AvgIpc) is 2.76. The SMILES string of the molecule is CCCC(C)(O)CNCc1cc(C(=O)OC)co1. The Hall–Kier alpha value is -1.33. The Morgan fingerprint density at radius 1 is 1.61 bits per heavy atom. The van der Waals surface area contributed by atoms with Gasteiger partial charge in [0.1, 0.15) is 12.0 Å². The van der Waals surface area contributed by atoms with Crippen LogP contribution in [0.15, 0.2) is 16.7 Å². The molecule has 5 heteroatoms. The fraction of sp³-hybridized carbons (Fsp3) is 0.615. The Balaban J connectivity index is 2.40. The van der Waals surface area contributed by atoms with Crippen molar-refractivity contribution in [3.05, 3.63) is 23.7 Å². The van der Waals surface area contributed by atoms with Crippen molar-refractivity contribution in [1.29, 1.82) is 0 Å². The van der Waals surface area contributed by atoms with E-state index in [0.717, 1.165) is 12.8 Å². The number of hydrogen-bond donors (Lipinski definition) is 2. The largest absolute Gasteiger partial charge is 0.467 e. The first kappa shape index (κ1) is 14.7. The molecule has 1 atom stereocenters. The van der Waals surface area contributed by atoms with Gasteiger partial charge < -0.3 is 19.6 Å². The van der Waals surface area contributed by atoms with E-state index in [1.54, 1.807) is 13.0 Å². The summed E-state index contributed by atoms with van der Waals surface area (Å²) in [6, 6.07) is 1.63. The van der Waals surface area contributed by atoms with E-state index in [4.69, 9.17) is 4.42 Å². The molecule has 5 nitrogen and oxygen atoms in total. The number of ether oxygens (including phenoxy) is 1. The van der Waals surface area contributed by atoms with Crippen LogP contribution in [0.1, 0.15) is 42.8 Å². The molecule has 0 aliphatic carbocycles. The molecule has 1 rings (SSSR count). The minimum absolute atomic E-state index is 0.398. The van der Waals surface area contributed by atoms with Crippen LogP contribution in [0.4, 0.5) is 0 Å². The van der Waals surface area contributed by atoms with E-state index in [1.807, 2.05) is 6.92 Å². The zero-order valence-corrected chi connectivity index (χ0v) is 11.2. The maximum absolute atomic E-state index is 11.2. The van der Waals surface area contributed by atoms with Crippen LogP contribution in [-0.4, -0.2) is 30.3 Å². The molecule has 0 aliphatic heterocycles. The molecule has 2 N–H and O–H groups in total. The second kappa shape index (κ2) is 6.56. The molecule has 1 aromatic heterocycles. The van der Waals surface area contributed by atoms with Gasteiger partial charge in [0.25, 0.3) is 0 Å². The summed E-state index contributed by atoms with van der Waals surface area (Å²) in [6.07, 6.45) is 3.04. The number of furan rings is 1. The number of nitrogens with one attached hydrogen (secondary N) is 1. The van der Waals surface area contributed by atoms with Crippen molar-refractivity contribution in [2.24, 2.45) is 0 Å². The molecule has 1 heterocycles. The zero-order chi connectivity index (χ0) is 13.6. The second-order valence-electron chi connectivity index (χ2n) is 4.64. The highest BCUT2D eigenvalue weighted by atomic mass is 16.5. The molecule has 0 saturated heterocycles. The lowest BCUT2D eigenvalue weighted by Gasteiger charge is -2.22. The minimum Gasteiger partial charge on any atom is -0.467 e. The first-order valence-corrected chi connectivity index (χ1v) is 6.07. The Kier molecular flexibility index (Phi) is 5.37. The van der Waals surface area contributed by atoms with Crippen LogP contribution >= 0.6 is 0 Å². The van der Waals surface area contributed by atoms with Crippen LogP contribution in [0.2, 0.25) is 0 Å². The highest BCUT2D eigenvalue weighted by molar-refractivity contribution is 5.88. The van der Waals surface area contributed by atoms with E-state index in [0.29, 0.717) is 24.4 Å². The number of aliphatic hydroxyl groups is 1. The number of hydrogen-bond acceptors (Lipinski definition) is 5. The maximum Gasteiger partial charge on any atom is 0.341 e. The Morgan fingerprint density at radius 2 is 2.33 bits per heavy atom. The summed E-state index contributed by atoms with van der Waals surface area (Å²) in [7, 11) is 1.33. The molecule has 0 bridgehead atoms. The molecule has 0 amide bonds. The predicted molar refractivity (Wildman–Crippen MR) is 67.3 cm³/mol. The van der Waals surface area contributed by atoms with Crippen LogP contribution in [0.5, 0.6) is 0 Å². The Morgan fingerprint density at radius 3 is 2.94 bits per heavy atom. The van der Waals surface area contributed by atoms with E-state index in [-0.39, 0.29) is 0 Å². The molecule has 0 fully saturated rings. The summed E-state index contributed by atoms with van der Waals surface area (Å²) < 4.78 is 9.80. The summed E-state index contributed by atoms with van der Waals surface area (Å²) in [4.78, 5) is 11.2. The topological polar surface area (TPSA) is 71.7 Å². The lowest BCUT2D eigenvalue weighted by molar-refractivity contribution is 0.0493. The van der Waals surface area contributed by atoms with Gasteiger partial charge in [0, 0.05) is 6.54 Å². The van der Waals surface area contributed by atoms with Crippen molar-refractivity contribution < 1.29 is 19.1 Å². The van der Waals surface area contributed by atoms with Gasteiger partial charge in [-0.05, 0) is 19.4 Å². The first-order valence-electron chi connectivity index (χ1n) is 6.07. The van der Waals surface area contributed by atoms with Crippen LogP contribution < -0.4 is 5.32 Å². The quantitative estimate of drug-likeness (QED) is 0.726. The number of methoxy groups -OCH3 is 1. The van der Waals surface area contributed by atoms with Gasteiger partial charge in [-0.2, -0.15) is 0 Å². The molecule has 0 saturated carbocycles. The van der Waals surface area contributed by atoms with Gasteiger partial charge in [0.15, 0.2) is 0 Å². The monoisotopic (exact) mass is 255 g/mol. The molecule has 102 valence electrons. The van der Waals surface area contributed by atoms with Gasteiger partial charge in [0.05, 0.1) is 24.8 Å². The minimum atomic E-state index is -0.716. The fourth-order valence-corrected chi connectivity index (χ4v) is 1.78. The van der Waals surface area contributed by atoms with Crippen molar-refractivity contribution in [1.82, 2.24) is 5.32 Å². The third kappa shape index (κ3) is 4.50. The van der Waals surface area contributed by atoms with E-state index in [2.05, 4.69) is 10.1 Å². The van der Waals surface area contributed by atoms with E-state index in [9.17, 15) is 9.90 Å². The van der Waals surface area contributed by atoms with Crippen LogP contribution in [-0.2, 0) is 11.3 Å². The number of carbonyl (C=O) groups excluding carboxylic acids is 1. The summed E-state index contributed by atoms with van der Waals surface area (Å²) >= 11 is 0. The number of rotatable bonds is 7. The van der Waals surface area contributed by atoms with Gasteiger partial charge in [-0.15, -0.1) is 0 Å². The summed E-state index contributed by atoms with van der Waals surface area (Å²) in [5.41, 5.74) is -0.318. The molecule has 1 aromatic rings. The normalized spacial score (nSPS) is 14.2. The third-order valence-corrected chi connectivity index (χ3v) is 2.67. The summed E-state index contributed by atoms with van der Waals surface area (Å²) in [5, 5.41) is 13.1. The van der Waals surface area contributed by atoms with Crippen LogP contribution in [0, 0.1) is 0 Å². The van der Waals surface area contributed by atoms with E-state index < -0.39 is 11.6 Å². The van der Waals surface area contributed by atoms with Gasteiger partial charge in [0.2, 0.25) is 0 Å². The lowest BCUT2D eigenvalue weighted by atomic mass is 10.0. The molecule has 18 heavy (non-hydrogen) atoms. The Bertz CT molecular complexity index is 384. The molecular weight excluding hydrogens is 234 g/mol. The zero-order valence-electron chi connectivity index (χ0n) is 11.2. The standard InChI is InChI=1S/C13H21NO4/c1-4-5-13(2,16)9-14-7-11-6-10(8-18-11)12(15)17-3/h6,8,14,16H,4-5,7,9H2,1-3H3. The molecule has 0 aliphatic rings. The predicted octanol–water partition coefficient (Wildman–Crippen LogP) is 1.71. The average molecular weight is 255 g/mol. The fourth-order valence-electron chi connectivity index (χ4n) is 1.78. The van der Waals surface area contributed by atoms with Crippen molar-refractivity contribution in [3.63, 3.8) is 0 Å². The number of esters is 1. The summed E-state index contributed by atoms with van der Waals surface area (Å²) in [6.45, 7) is 4.78. The first-order chi connectivity index (χ1) is 8.48. The van der Waals surface area contributed by atoms with Crippen molar-refractivity contribution in [2.45, 2.75) is 38.8 Å². The lowest BCUT2D eigenvalue weighted by Crippen LogP contribution is -2.37. The molecule has 0 aromatic carbocycles. The van der Waals surface area contributed by atoms with Crippen molar-refractivity contribution in [3.8, 4) is 0 Å². The van der Waals surface area contributed by atoms with Crippen LogP contribution in [0.3, 0.4) is 0 Å². The smallest absolute Gasteiger partial charge is 0.341 e. The van der Waals surface area contributed by atoms with Gasteiger partial charge >= 0.3 is 5.97 Å². The highest BCUT2D eigenvalue weighted by Crippen LogP contribution is 2.12. The molecular formula is C13H21NO4. The summed E-state index contributed by atoms with van der Waals surface area (Å²) in [5.74, 6) is 0.227.